The van der Waals surface area contributed by atoms with Gasteiger partial charge in [-0.1, -0.05) is 24.6 Å². The molecule has 2 nitrogen and oxygen atoms in total. The van der Waals surface area contributed by atoms with Crippen LogP contribution in [0.2, 0.25) is 5.02 Å². The van der Waals surface area contributed by atoms with Crippen molar-refractivity contribution in [3.05, 3.63) is 52.8 Å². The Balaban J connectivity index is 2.33. The Labute approximate surface area is 119 Å². The minimum atomic E-state index is 0.776. The van der Waals surface area contributed by atoms with Crippen LogP contribution in [0.5, 0.6) is 0 Å². The highest BCUT2D eigenvalue weighted by molar-refractivity contribution is 6.30. The third-order valence-corrected chi connectivity index (χ3v) is 3.23. The van der Waals surface area contributed by atoms with Gasteiger partial charge in [-0.25, -0.2) is 0 Å². The van der Waals surface area contributed by atoms with E-state index >= 15 is 0 Å². The van der Waals surface area contributed by atoms with Crippen LogP contribution in [0.4, 0.5) is 0 Å². The maximum atomic E-state index is 6.10. The molecule has 0 saturated carbocycles. The van der Waals surface area contributed by atoms with E-state index in [4.69, 9.17) is 11.6 Å². The van der Waals surface area contributed by atoms with Gasteiger partial charge in [-0.15, -0.1) is 0 Å². The molecule has 1 heterocycles. The number of aromatic nitrogens is 1. The van der Waals surface area contributed by atoms with Gasteiger partial charge in [0.15, 0.2) is 0 Å². The Kier molecular flexibility index (Phi) is 4.94. The number of nitrogens with one attached hydrogen (secondary N) is 1. The van der Waals surface area contributed by atoms with Crippen LogP contribution in [-0.4, -0.2) is 11.5 Å². The summed E-state index contributed by atoms with van der Waals surface area (Å²) in [6, 6.07) is 8.19. The Morgan fingerprint density at radius 1 is 1.21 bits per heavy atom. The molecule has 0 unspecified atom stereocenters. The first-order valence-corrected chi connectivity index (χ1v) is 6.99. The minimum Gasteiger partial charge on any atom is -0.313 e. The highest BCUT2D eigenvalue weighted by atomic mass is 35.5. The van der Waals surface area contributed by atoms with Crippen LogP contribution >= 0.6 is 11.6 Å². The summed E-state index contributed by atoms with van der Waals surface area (Å²) in [6.45, 7) is 6.06. The zero-order valence-electron chi connectivity index (χ0n) is 11.4. The summed E-state index contributed by atoms with van der Waals surface area (Å²) >= 11 is 6.10. The third-order valence-electron chi connectivity index (χ3n) is 3.00. The second-order valence-electron chi connectivity index (χ2n) is 4.73. The van der Waals surface area contributed by atoms with Crippen molar-refractivity contribution in [2.45, 2.75) is 26.8 Å². The molecule has 0 saturated heterocycles. The molecule has 0 fully saturated rings. The van der Waals surface area contributed by atoms with Crippen molar-refractivity contribution in [1.29, 1.82) is 0 Å². The van der Waals surface area contributed by atoms with Crippen LogP contribution in [0.3, 0.4) is 0 Å². The van der Waals surface area contributed by atoms with E-state index in [-0.39, 0.29) is 0 Å². The summed E-state index contributed by atoms with van der Waals surface area (Å²) in [5.74, 6) is 0. The van der Waals surface area contributed by atoms with Crippen molar-refractivity contribution in [3.63, 3.8) is 0 Å². The monoisotopic (exact) mass is 274 g/mol. The lowest BCUT2D eigenvalue weighted by molar-refractivity contribution is 0.676. The number of nitrogens with zero attached hydrogens (tertiary/aromatic N) is 1. The summed E-state index contributed by atoms with van der Waals surface area (Å²) < 4.78 is 0. The van der Waals surface area contributed by atoms with Crippen LogP contribution in [-0.2, 0) is 6.54 Å². The molecule has 100 valence electrons. The molecule has 19 heavy (non-hydrogen) atoms. The predicted octanol–water partition coefficient (Wildman–Crippen LogP) is 4.21. The van der Waals surface area contributed by atoms with Crippen molar-refractivity contribution in [1.82, 2.24) is 10.3 Å². The van der Waals surface area contributed by atoms with Crippen molar-refractivity contribution in [2.24, 2.45) is 0 Å². The van der Waals surface area contributed by atoms with Crippen molar-refractivity contribution < 1.29 is 0 Å². The molecule has 0 amide bonds. The first-order chi connectivity index (χ1) is 9.20. The van der Waals surface area contributed by atoms with Crippen LogP contribution in [0.25, 0.3) is 11.1 Å². The van der Waals surface area contributed by atoms with Crippen molar-refractivity contribution in [2.75, 3.05) is 6.54 Å². The lowest BCUT2D eigenvalue weighted by Crippen LogP contribution is -2.14. The average molecular weight is 275 g/mol. The van der Waals surface area contributed by atoms with Gasteiger partial charge >= 0.3 is 0 Å². The second-order valence-corrected chi connectivity index (χ2v) is 5.17. The highest BCUT2D eigenvalue weighted by Gasteiger charge is 2.06. The predicted molar refractivity (Wildman–Crippen MR) is 81.4 cm³/mol. The van der Waals surface area contributed by atoms with Gasteiger partial charge in [0.2, 0.25) is 0 Å². The summed E-state index contributed by atoms with van der Waals surface area (Å²) in [5, 5.41) is 4.20. The SMILES string of the molecule is CCCNCc1cc(Cl)ccc1-c1cncc(C)c1. The van der Waals surface area contributed by atoms with Gasteiger partial charge in [-0.2, -0.15) is 0 Å². The van der Waals surface area contributed by atoms with Gasteiger partial charge in [0.1, 0.15) is 0 Å². The second kappa shape index (κ2) is 6.69. The largest absolute Gasteiger partial charge is 0.313 e. The van der Waals surface area contributed by atoms with Crippen LogP contribution < -0.4 is 5.32 Å². The van der Waals surface area contributed by atoms with E-state index in [9.17, 15) is 0 Å². The lowest BCUT2D eigenvalue weighted by atomic mass is 10.00. The molecule has 0 radical (unpaired) electrons. The molecule has 3 heteroatoms. The standard InChI is InChI=1S/C16H19ClN2/c1-3-6-18-10-14-8-15(17)4-5-16(14)13-7-12(2)9-19-11-13/h4-5,7-9,11,18H,3,6,10H2,1-2H3. The van der Waals surface area contributed by atoms with E-state index in [2.05, 4.69) is 36.3 Å². The van der Waals surface area contributed by atoms with E-state index < -0.39 is 0 Å². The molecular weight excluding hydrogens is 256 g/mol. The summed E-state index contributed by atoms with van der Waals surface area (Å²) in [5.41, 5.74) is 4.72. The minimum absolute atomic E-state index is 0.776. The molecule has 0 aliphatic rings. The molecule has 0 atom stereocenters. The Hall–Kier alpha value is -1.38. The number of benzene rings is 1. The lowest BCUT2D eigenvalue weighted by Gasteiger charge is -2.11. The first-order valence-electron chi connectivity index (χ1n) is 6.62. The van der Waals surface area contributed by atoms with E-state index in [1.54, 1.807) is 0 Å². The molecular formula is C16H19ClN2. The maximum Gasteiger partial charge on any atom is 0.0409 e. The number of hydrogen-bond acceptors (Lipinski definition) is 2. The molecule has 2 aromatic rings. The molecule has 0 aliphatic heterocycles. The zero-order chi connectivity index (χ0) is 13.7. The number of halogens is 1. The van der Waals surface area contributed by atoms with Crippen molar-refractivity contribution in [3.8, 4) is 11.1 Å². The normalized spacial score (nSPS) is 10.7. The van der Waals surface area contributed by atoms with E-state index in [1.807, 2.05) is 24.5 Å². The first kappa shape index (κ1) is 14.0. The number of aryl methyl sites for hydroxylation is 1. The Morgan fingerprint density at radius 3 is 2.79 bits per heavy atom. The molecule has 2 rings (SSSR count). The van der Waals surface area contributed by atoms with Gasteiger partial charge in [0, 0.05) is 29.5 Å². The molecule has 0 aliphatic carbocycles. The van der Waals surface area contributed by atoms with Crippen molar-refractivity contribution >= 4 is 11.6 Å². The van der Waals surface area contributed by atoms with E-state index in [0.29, 0.717) is 0 Å². The van der Waals surface area contributed by atoms with Crippen LogP contribution in [0, 0.1) is 6.92 Å². The number of hydrogen-bond donors (Lipinski definition) is 1. The van der Waals surface area contributed by atoms with Gasteiger partial charge in [0.25, 0.3) is 0 Å². The smallest absolute Gasteiger partial charge is 0.0409 e. The van der Waals surface area contributed by atoms with Gasteiger partial charge in [0.05, 0.1) is 0 Å². The van der Waals surface area contributed by atoms with Gasteiger partial charge < -0.3 is 5.32 Å². The molecule has 1 N–H and O–H groups in total. The van der Waals surface area contributed by atoms with E-state index in [0.717, 1.165) is 30.1 Å². The number of rotatable bonds is 5. The Morgan fingerprint density at radius 2 is 2.05 bits per heavy atom. The zero-order valence-corrected chi connectivity index (χ0v) is 12.2. The van der Waals surface area contributed by atoms with Gasteiger partial charge in [-0.05, 0) is 54.8 Å². The van der Waals surface area contributed by atoms with Crippen LogP contribution in [0.15, 0.2) is 36.7 Å². The fourth-order valence-electron chi connectivity index (χ4n) is 2.09. The Bertz CT molecular complexity index is 552. The summed E-state index contributed by atoms with van der Waals surface area (Å²) in [7, 11) is 0. The summed E-state index contributed by atoms with van der Waals surface area (Å²) in [4.78, 5) is 4.27. The average Bonchev–Trinajstić information content (AvgIpc) is 2.39. The van der Waals surface area contributed by atoms with Crippen LogP contribution in [0.1, 0.15) is 24.5 Å². The molecule has 0 spiro atoms. The fourth-order valence-corrected chi connectivity index (χ4v) is 2.29. The van der Waals surface area contributed by atoms with Gasteiger partial charge in [-0.3, -0.25) is 4.98 Å². The highest BCUT2D eigenvalue weighted by Crippen LogP contribution is 2.26. The fraction of sp³-hybridized carbons (Fsp3) is 0.312. The third kappa shape index (κ3) is 3.79. The summed E-state index contributed by atoms with van der Waals surface area (Å²) in [6.07, 6.45) is 4.90. The molecule has 1 aromatic heterocycles. The quantitative estimate of drug-likeness (QED) is 0.826. The molecule has 1 aromatic carbocycles. The number of pyridine rings is 1. The van der Waals surface area contributed by atoms with E-state index in [1.165, 1.54) is 16.7 Å². The molecule has 0 bridgehead atoms. The maximum absolute atomic E-state index is 6.10. The topological polar surface area (TPSA) is 24.9 Å².